The molecule has 0 heterocycles. The SMILES string of the molecule is CCc1ccc(C(C(=O)NC(C)C)N(CC)C(=O)C(C)NC(=O)OC(C)(C)C)cc1. The molecule has 2 N–H and O–H groups in total. The Bertz CT molecular complexity index is 723. The Hall–Kier alpha value is -2.57. The summed E-state index contributed by atoms with van der Waals surface area (Å²) in [5, 5.41) is 5.48. The van der Waals surface area contributed by atoms with Gasteiger partial charge in [-0.25, -0.2) is 4.79 Å². The lowest BCUT2D eigenvalue weighted by Gasteiger charge is -2.33. The summed E-state index contributed by atoms with van der Waals surface area (Å²) < 4.78 is 5.24. The van der Waals surface area contributed by atoms with Crippen LogP contribution in [0.3, 0.4) is 0 Å². The van der Waals surface area contributed by atoms with Crippen molar-refractivity contribution < 1.29 is 19.1 Å². The fourth-order valence-electron chi connectivity index (χ4n) is 3.03. The molecule has 0 fully saturated rings. The molecule has 0 spiro atoms. The quantitative estimate of drug-likeness (QED) is 0.674. The van der Waals surface area contributed by atoms with Crippen molar-refractivity contribution in [1.29, 1.82) is 0 Å². The van der Waals surface area contributed by atoms with Gasteiger partial charge in [-0.1, -0.05) is 31.2 Å². The van der Waals surface area contributed by atoms with E-state index in [1.54, 1.807) is 27.7 Å². The monoisotopic (exact) mass is 419 g/mol. The average molecular weight is 420 g/mol. The third kappa shape index (κ3) is 7.69. The first-order valence-electron chi connectivity index (χ1n) is 10.6. The number of likely N-dealkylation sites (N-methyl/N-ethyl adjacent to an activating group) is 1. The van der Waals surface area contributed by atoms with Crippen LogP contribution in [0.2, 0.25) is 0 Å². The highest BCUT2D eigenvalue weighted by Gasteiger charge is 2.33. The molecule has 2 unspecified atom stereocenters. The van der Waals surface area contributed by atoms with Crippen LogP contribution in [0.15, 0.2) is 24.3 Å². The number of ether oxygens (including phenoxy) is 1. The number of benzene rings is 1. The van der Waals surface area contributed by atoms with Crippen molar-refractivity contribution >= 4 is 17.9 Å². The standard InChI is InChI=1S/C23H37N3O4/c1-9-17-11-13-18(14-12-17)19(20(27)24-15(3)4)26(10-2)21(28)16(5)25-22(29)30-23(6,7)8/h11-16,19H,9-10H2,1-8H3,(H,24,27)(H,25,29). The Morgan fingerprint density at radius 2 is 1.57 bits per heavy atom. The van der Waals surface area contributed by atoms with E-state index in [2.05, 4.69) is 17.6 Å². The third-order valence-electron chi connectivity index (χ3n) is 4.42. The number of rotatable bonds is 8. The van der Waals surface area contributed by atoms with Crippen molar-refractivity contribution in [2.24, 2.45) is 0 Å². The molecule has 0 aliphatic heterocycles. The van der Waals surface area contributed by atoms with Crippen LogP contribution in [-0.4, -0.2) is 47.0 Å². The van der Waals surface area contributed by atoms with E-state index >= 15 is 0 Å². The molecule has 30 heavy (non-hydrogen) atoms. The zero-order valence-corrected chi connectivity index (χ0v) is 19.5. The summed E-state index contributed by atoms with van der Waals surface area (Å²) in [4.78, 5) is 39.8. The van der Waals surface area contributed by atoms with Gasteiger partial charge in [0.1, 0.15) is 17.7 Å². The largest absolute Gasteiger partial charge is 0.444 e. The first-order chi connectivity index (χ1) is 13.9. The molecule has 2 atom stereocenters. The molecular formula is C23H37N3O4. The second-order valence-corrected chi connectivity index (χ2v) is 8.65. The number of amides is 3. The summed E-state index contributed by atoms with van der Waals surface area (Å²) in [6, 6.07) is 5.98. The molecule has 0 saturated carbocycles. The van der Waals surface area contributed by atoms with E-state index in [1.807, 2.05) is 45.0 Å². The maximum absolute atomic E-state index is 13.2. The van der Waals surface area contributed by atoms with Crippen LogP contribution in [-0.2, 0) is 20.7 Å². The minimum Gasteiger partial charge on any atom is -0.444 e. The van der Waals surface area contributed by atoms with Crippen molar-refractivity contribution in [3.63, 3.8) is 0 Å². The van der Waals surface area contributed by atoms with Crippen LogP contribution in [0.5, 0.6) is 0 Å². The molecule has 1 aromatic carbocycles. The Morgan fingerprint density at radius 3 is 2.00 bits per heavy atom. The van der Waals surface area contributed by atoms with Crippen molar-refractivity contribution in [2.45, 2.75) is 85.5 Å². The van der Waals surface area contributed by atoms with Gasteiger partial charge in [-0.3, -0.25) is 9.59 Å². The topological polar surface area (TPSA) is 87.7 Å². The predicted octanol–water partition coefficient (Wildman–Crippen LogP) is 3.58. The summed E-state index contributed by atoms with van der Waals surface area (Å²) in [5.41, 5.74) is 1.21. The lowest BCUT2D eigenvalue weighted by Crippen LogP contribution is -2.52. The van der Waals surface area contributed by atoms with Gasteiger partial charge in [-0.05, 0) is 66.0 Å². The summed E-state index contributed by atoms with van der Waals surface area (Å²) >= 11 is 0. The molecule has 7 nitrogen and oxygen atoms in total. The summed E-state index contributed by atoms with van der Waals surface area (Å²) in [6.45, 7) is 14.8. The number of alkyl carbamates (subject to hydrolysis) is 1. The maximum Gasteiger partial charge on any atom is 0.408 e. The highest BCUT2D eigenvalue weighted by molar-refractivity contribution is 5.92. The van der Waals surface area contributed by atoms with Crippen LogP contribution in [0.25, 0.3) is 0 Å². The van der Waals surface area contributed by atoms with E-state index in [-0.39, 0.29) is 17.9 Å². The van der Waals surface area contributed by atoms with Crippen molar-refractivity contribution in [3.05, 3.63) is 35.4 Å². The molecule has 3 amide bonds. The highest BCUT2D eigenvalue weighted by atomic mass is 16.6. The molecule has 1 rings (SSSR count). The fourth-order valence-corrected chi connectivity index (χ4v) is 3.03. The number of aryl methyl sites for hydroxylation is 1. The third-order valence-corrected chi connectivity index (χ3v) is 4.42. The van der Waals surface area contributed by atoms with Gasteiger partial charge in [0.25, 0.3) is 0 Å². The molecule has 0 radical (unpaired) electrons. The molecule has 0 aliphatic carbocycles. The van der Waals surface area contributed by atoms with Crippen LogP contribution in [0.4, 0.5) is 4.79 Å². The molecule has 168 valence electrons. The van der Waals surface area contributed by atoms with Gasteiger partial charge in [0.05, 0.1) is 0 Å². The molecule has 0 aliphatic rings. The van der Waals surface area contributed by atoms with E-state index in [0.717, 1.165) is 17.5 Å². The van der Waals surface area contributed by atoms with Gasteiger partial charge >= 0.3 is 6.09 Å². The van der Waals surface area contributed by atoms with Crippen LogP contribution >= 0.6 is 0 Å². The van der Waals surface area contributed by atoms with E-state index < -0.39 is 23.8 Å². The van der Waals surface area contributed by atoms with Gasteiger partial charge in [-0.15, -0.1) is 0 Å². The number of nitrogens with one attached hydrogen (secondary N) is 2. The molecule has 0 saturated heterocycles. The maximum atomic E-state index is 13.2. The van der Waals surface area contributed by atoms with E-state index in [9.17, 15) is 14.4 Å². The molecule has 7 heteroatoms. The van der Waals surface area contributed by atoms with Crippen LogP contribution in [0.1, 0.15) is 72.6 Å². The summed E-state index contributed by atoms with van der Waals surface area (Å²) in [6.07, 6.45) is 0.214. The Balaban J connectivity index is 3.15. The number of hydrogen-bond acceptors (Lipinski definition) is 4. The number of carbonyl (C=O) groups is 3. The second-order valence-electron chi connectivity index (χ2n) is 8.65. The number of hydrogen-bond donors (Lipinski definition) is 2. The van der Waals surface area contributed by atoms with E-state index in [1.165, 1.54) is 4.90 Å². The first kappa shape index (κ1) is 25.5. The van der Waals surface area contributed by atoms with E-state index in [4.69, 9.17) is 4.74 Å². The average Bonchev–Trinajstić information content (AvgIpc) is 2.63. The Morgan fingerprint density at radius 1 is 1.00 bits per heavy atom. The molecule has 1 aromatic rings. The normalized spacial score (nSPS) is 13.4. The van der Waals surface area contributed by atoms with Gasteiger partial charge in [0.2, 0.25) is 11.8 Å². The second kappa shape index (κ2) is 11.0. The fraction of sp³-hybridized carbons (Fsp3) is 0.609. The molecule has 0 bridgehead atoms. The van der Waals surface area contributed by atoms with Gasteiger partial charge < -0.3 is 20.3 Å². The lowest BCUT2D eigenvalue weighted by molar-refractivity contribution is -0.142. The summed E-state index contributed by atoms with van der Waals surface area (Å²) in [5.74, 6) is -0.610. The Kier molecular flexibility index (Phi) is 9.33. The predicted molar refractivity (Wildman–Crippen MR) is 118 cm³/mol. The summed E-state index contributed by atoms with van der Waals surface area (Å²) in [7, 11) is 0. The lowest BCUT2D eigenvalue weighted by atomic mass is 10.0. The van der Waals surface area contributed by atoms with Gasteiger partial charge in [0, 0.05) is 12.6 Å². The highest BCUT2D eigenvalue weighted by Crippen LogP contribution is 2.23. The Labute approximate surface area is 180 Å². The molecule has 0 aromatic heterocycles. The van der Waals surface area contributed by atoms with Crippen LogP contribution in [0, 0.1) is 0 Å². The molecular weight excluding hydrogens is 382 g/mol. The van der Waals surface area contributed by atoms with Crippen LogP contribution < -0.4 is 10.6 Å². The number of nitrogens with zero attached hydrogens (tertiary/aromatic N) is 1. The first-order valence-corrected chi connectivity index (χ1v) is 10.6. The van der Waals surface area contributed by atoms with Gasteiger partial charge in [0.15, 0.2) is 0 Å². The zero-order chi connectivity index (χ0) is 23.1. The van der Waals surface area contributed by atoms with Crippen molar-refractivity contribution in [1.82, 2.24) is 15.5 Å². The van der Waals surface area contributed by atoms with Crippen molar-refractivity contribution in [3.8, 4) is 0 Å². The van der Waals surface area contributed by atoms with Gasteiger partial charge in [-0.2, -0.15) is 0 Å². The minimum absolute atomic E-state index is 0.0685. The number of carbonyl (C=O) groups excluding carboxylic acids is 3. The van der Waals surface area contributed by atoms with E-state index in [0.29, 0.717) is 6.54 Å². The minimum atomic E-state index is -0.843. The smallest absolute Gasteiger partial charge is 0.408 e. The zero-order valence-electron chi connectivity index (χ0n) is 19.5. The van der Waals surface area contributed by atoms with Crippen molar-refractivity contribution in [2.75, 3.05) is 6.54 Å².